The molecule has 0 radical (unpaired) electrons. The zero-order valence-corrected chi connectivity index (χ0v) is 21.1. The predicted molar refractivity (Wildman–Crippen MR) is 141 cm³/mol. The quantitative estimate of drug-likeness (QED) is 0.288. The van der Waals surface area contributed by atoms with Gasteiger partial charge in [0.05, 0.1) is 18.2 Å². The lowest BCUT2D eigenvalue weighted by Crippen LogP contribution is -2.31. The molecule has 174 valence electrons. The van der Waals surface area contributed by atoms with Crippen LogP contribution in [-0.4, -0.2) is 19.2 Å². The summed E-state index contributed by atoms with van der Waals surface area (Å²) >= 11 is 12.4. The summed E-state index contributed by atoms with van der Waals surface area (Å²) in [5.41, 5.74) is 3.85. The molecule has 3 aromatic carbocycles. The lowest BCUT2D eigenvalue weighted by atomic mass is 9.83. The van der Waals surface area contributed by atoms with Crippen molar-refractivity contribution in [2.24, 2.45) is 14.1 Å². The van der Waals surface area contributed by atoms with Crippen LogP contribution in [0.2, 0.25) is 10.0 Å². The number of halogens is 2. The molecule has 5 rings (SSSR count). The summed E-state index contributed by atoms with van der Waals surface area (Å²) in [5.74, 6) is 0. The zero-order chi connectivity index (χ0) is 24.5. The molecule has 2 heterocycles. The Morgan fingerprint density at radius 2 is 1.53 bits per heavy atom. The fourth-order valence-electron chi connectivity index (χ4n) is 4.36. The highest BCUT2D eigenvalue weighted by Gasteiger charge is 2.37. The van der Waals surface area contributed by atoms with E-state index in [-0.39, 0.29) is 0 Å². The van der Waals surface area contributed by atoms with Gasteiger partial charge in [-0.15, -0.1) is 0 Å². The van der Waals surface area contributed by atoms with Crippen molar-refractivity contribution >= 4 is 34.1 Å². The summed E-state index contributed by atoms with van der Waals surface area (Å²) in [4.78, 5) is 4.26. The van der Waals surface area contributed by atoms with Crippen LogP contribution in [0.4, 0.5) is 0 Å². The number of fused-ring (bicyclic) bond motifs is 1. The summed E-state index contributed by atoms with van der Waals surface area (Å²) in [6.07, 6.45) is 5.47. The maximum absolute atomic E-state index is 12.2. The van der Waals surface area contributed by atoms with Crippen LogP contribution >= 0.6 is 23.2 Å². The highest BCUT2D eigenvalue weighted by atomic mass is 35.5. The molecule has 5 aromatic rings. The van der Waals surface area contributed by atoms with E-state index in [0.29, 0.717) is 21.3 Å². The topological polar surface area (TPSA) is 43.0 Å². The smallest absolute Gasteiger partial charge is 0.156 e. The number of rotatable bonds is 4. The highest BCUT2D eigenvalue weighted by molar-refractivity contribution is 6.31. The van der Waals surface area contributed by atoms with Crippen molar-refractivity contribution in [2.45, 2.75) is 19.4 Å². The van der Waals surface area contributed by atoms with Crippen LogP contribution in [-0.2, 0) is 19.7 Å². The largest absolute Gasteiger partial charge is 0.374 e. The first-order valence-electron chi connectivity index (χ1n) is 11.2. The third kappa shape index (κ3) is 4.14. The van der Waals surface area contributed by atoms with E-state index in [2.05, 4.69) is 15.7 Å². The van der Waals surface area contributed by atoms with Crippen molar-refractivity contribution < 1.29 is 5.11 Å². The fourth-order valence-corrected chi connectivity index (χ4v) is 4.68. The van der Waals surface area contributed by atoms with Gasteiger partial charge in [0.1, 0.15) is 0 Å². The molecule has 0 aliphatic rings. The van der Waals surface area contributed by atoms with E-state index < -0.39 is 5.60 Å². The van der Waals surface area contributed by atoms with Crippen molar-refractivity contribution in [1.82, 2.24) is 14.1 Å². The Kier molecular flexibility index (Phi) is 6.85. The second kappa shape index (κ2) is 9.67. The molecule has 6 heteroatoms. The lowest BCUT2D eigenvalue weighted by Gasteiger charge is -2.30. The van der Waals surface area contributed by atoms with Gasteiger partial charge < -0.3 is 14.2 Å². The van der Waals surface area contributed by atoms with Crippen LogP contribution in [0.1, 0.15) is 30.7 Å². The predicted octanol–water partition coefficient (Wildman–Crippen LogP) is 7.20. The van der Waals surface area contributed by atoms with Gasteiger partial charge in [0, 0.05) is 46.8 Å². The van der Waals surface area contributed by atoms with Crippen molar-refractivity contribution in [3.63, 3.8) is 0 Å². The van der Waals surface area contributed by atoms with Gasteiger partial charge in [0.15, 0.2) is 5.60 Å². The maximum atomic E-state index is 12.2. The Labute approximate surface area is 210 Å². The third-order valence-corrected chi connectivity index (χ3v) is 6.48. The van der Waals surface area contributed by atoms with E-state index in [9.17, 15) is 5.11 Å². The number of hydrogen-bond donors (Lipinski definition) is 1. The van der Waals surface area contributed by atoms with Gasteiger partial charge in [-0.05, 0) is 53.1 Å². The normalized spacial score (nSPS) is 12.8. The second-order valence-electron chi connectivity index (χ2n) is 8.00. The third-order valence-electron chi connectivity index (χ3n) is 5.99. The van der Waals surface area contributed by atoms with Gasteiger partial charge in [-0.3, -0.25) is 0 Å². The number of nitrogens with zero attached hydrogens (tertiary/aromatic N) is 3. The Morgan fingerprint density at radius 1 is 0.824 bits per heavy atom. The Morgan fingerprint density at radius 3 is 2.18 bits per heavy atom. The highest BCUT2D eigenvalue weighted by Crippen LogP contribution is 2.40. The van der Waals surface area contributed by atoms with Gasteiger partial charge >= 0.3 is 0 Å². The maximum Gasteiger partial charge on any atom is 0.156 e. The van der Waals surface area contributed by atoms with E-state index in [1.54, 1.807) is 24.7 Å². The van der Waals surface area contributed by atoms with Gasteiger partial charge in [-0.1, -0.05) is 67.4 Å². The molecule has 1 unspecified atom stereocenters. The molecular formula is C28H27Cl2N3O. The summed E-state index contributed by atoms with van der Waals surface area (Å²) in [6, 6.07) is 21.1. The molecular weight excluding hydrogens is 465 g/mol. The van der Waals surface area contributed by atoms with E-state index in [1.807, 2.05) is 87.1 Å². The lowest BCUT2D eigenvalue weighted by molar-refractivity contribution is 0.117. The molecule has 0 bridgehead atoms. The molecule has 1 atom stereocenters. The SMILES string of the molecule is CC.Cn1cncc1C(O)(c1ccc(Cl)cc1)c1ccc2c(c1)c(-c1cccc(Cl)c1)cn2C. The van der Waals surface area contributed by atoms with E-state index in [1.165, 1.54) is 0 Å². The summed E-state index contributed by atoms with van der Waals surface area (Å²) in [5, 5.41) is 14.6. The van der Waals surface area contributed by atoms with E-state index >= 15 is 0 Å². The molecule has 4 nitrogen and oxygen atoms in total. The minimum Gasteiger partial charge on any atom is -0.374 e. The number of aryl methyl sites for hydroxylation is 2. The number of hydrogen-bond acceptors (Lipinski definition) is 2. The van der Waals surface area contributed by atoms with Crippen LogP contribution in [0.5, 0.6) is 0 Å². The number of aromatic nitrogens is 3. The van der Waals surface area contributed by atoms with Gasteiger partial charge in [-0.2, -0.15) is 0 Å². The molecule has 34 heavy (non-hydrogen) atoms. The average Bonchev–Trinajstić information content (AvgIpc) is 3.43. The first-order valence-corrected chi connectivity index (χ1v) is 11.9. The molecule has 0 amide bonds. The summed E-state index contributed by atoms with van der Waals surface area (Å²) in [7, 11) is 3.89. The molecule has 0 fully saturated rings. The molecule has 1 N–H and O–H groups in total. The number of aliphatic hydroxyl groups is 1. The first-order chi connectivity index (χ1) is 16.4. The Balaban J connectivity index is 0.00000133. The molecule has 0 aliphatic heterocycles. The van der Waals surface area contributed by atoms with Crippen molar-refractivity contribution in [3.05, 3.63) is 112 Å². The minimum atomic E-state index is -1.41. The van der Waals surface area contributed by atoms with Crippen LogP contribution in [0.3, 0.4) is 0 Å². The van der Waals surface area contributed by atoms with Gasteiger partial charge in [0.2, 0.25) is 0 Å². The fraction of sp³-hybridized carbons (Fsp3) is 0.179. The Bertz CT molecular complexity index is 1440. The zero-order valence-electron chi connectivity index (χ0n) is 19.6. The van der Waals surface area contributed by atoms with Crippen LogP contribution in [0, 0.1) is 0 Å². The average molecular weight is 492 g/mol. The molecule has 0 saturated heterocycles. The van der Waals surface area contributed by atoms with Crippen molar-refractivity contribution in [3.8, 4) is 11.1 Å². The van der Waals surface area contributed by atoms with Gasteiger partial charge in [0.25, 0.3) is 0 Å². The molecule has 2 aromatic heterocycles. The standard InChI is InChI=1S/C26H21Cl2N3O.C2H6/c1-30-15-23(17-4-3-5-21(28)12-17)22-13-19(8-11-24(22)30)26(32,25-14-29-16-31(25)2)18-6-9-20(27)10-7-18;1-2/h3-16,32H,1-2H3;1-2H3. The van der Waals surface area contributed by atoms with Crippen LogP contribution in [0.15, 0.2) is 85.5 Å². The van der Waals surface area contributed by atoms with E-state index in [0.717, 1.165) is 27.6 Å². The summed E-state index contributed by atoms with van der Waals surface area (Å²) < 4.78 is 3.92. The number of benzene rings is 3. The van der Waals surface area contributed by atoms with Crippen LogP contribution < -0.4 is 0 Å². The Hall–Kier alpha value is -3.05. The van der Waals surface area contributed by atoms with E-state index in [4.69, 9.17) is 23.2 Å². The minimum absolute atomic E-state index is 0.614. The van der Waals surface area contributed by atoms with Crippen LogP contribution in [0.25, 0.3) is 22.0 Å². The van der Waals surface area contributed by atoms with Crippen molar-refractivity contribution in [2.75, 3.05) is 0 Å². The van der Waals surface area contributed by atoms with Gasteiger partial charge in [-0.25, -0.2) is 4.98 Å². The molecule has 0 aliphatic carbocycles. The monoisotopic (exact) mass is 491 g/mol. The molecule has 0 saturated carbocycles. The second-order valence-corrected chi connectivity index (χ2v) is 8.88. The number of imidazole rings is 1. The summed E-state index contributed by atoms with van der Waals surface area (Å²) in [6.45, 7) is 4.00. The molecule has 0 spiro atoms. The van der Waals surface area contributed by atoms with Crippen molar-refractivity contribution in [1.29, 1.82) is 0 Å². The first kappa shape index (κ1) is 24.1.